The van der Waals surface area contributed by atoms with E-state index in [2.05, 4.69) is 53.4 Å². The maximum atomic E-state index is 11.9. The van der Waals surface area contributed by atoms with E-state index in [0.717, 1.165) is 63.9 Å². The molecule has 31 heavy (non-hydrogen) atoms. The Balaban J connectivity index is 0.00000480. The van der Waals surface area contributed by atoms with E-state index in [1.807, 2.05) is 0 Å². The molecule has 0 bridgehead atoms. The number of nitrogens with zero attached hydrogens (tertiary/aromatic N) is 3. The SMILES string of the molecule is CCCNC(=O)CN1CCC(NC(=NCC2CCCN(CC(C)C)C2)NCC)CC1.I. The van der Waals surface area contributed by atoms with Gasteiger partial charge in [0.2, 0.25) is 5.91 Å². The van der Waals surface area contributed by atoms with E-state index in [9.17, 15) is 4.79 Å². The summed E-state index contributed by atoms with van der Waals surface area (Å²) in [6, 6.07) is 0.432. The molecule has 7 nitrogen and oxygen atoms in total. The van der Waals surface area contributed by atoms with Crippen molar-refractivity contribution < 1.29 is 4.79 Å². The first-order chi connectivity index (χ1) is 14.5. The molecule has 2 fully saturated rings. The highest BCUT2D eigenvalue weighted by atomic mass is 127. The first kappa shape index (κ1) is 28.4. The largest absolute Gasteiger partial charge is 0.357 e. The lowest BCUT2D eigenvalue weighted by atomic mass is 9.97. The van der Waals surface area contributed by atoms with E-state index < -0.39 is 0 Å². The molecule has 2 aliphatic heterocycles. The van der Waals surface area contributed by atoms with E-state index in [1.165, 1.54) is 32.5 Å². The minimum Gasteiger partial charge on any atom is -0.357 e. The summed E-state index contributed by atoms with van der Waals surface area (Å²) in [6.07, 6.45) is 5.67. The molecule has 2 rings (SSSR count). The fraction of sp³-hybridized carbons (Fsp3) is 0.913. The quantitative estimate of drug-likeness (QED) is 0.222. The Morgan fingerprint density at radius 2 is 1.81 bits per heavy atom. The van der Waals surface area contributed by atoms with Crippen molar-refractivity contribution in [3.8, 4) is 0 Å². The molecule has 1 amide bonds. The summed E-state index contributed by atoms with van der Waals surface area (Å²) in [6.45, 7) is 17.4. The smallest absolute Gasteiger partial charge is 0.234 e. The van der Waals surface area contributed by atoms with Gasteiger partial charge in [0, 0.05) is 51.9 Å². The molecule has 2 aliphatic rings. The molecule has 0 spiro atoms. The second kappa shape index (κ2) is 16.1. The monoisotopic (exact) mass is 550 g/mol. The summed E-state index contributed by atoms with van der Waals surface area (Å²) in [7, 11) is 0. The first-order valence-corrected chi connectivity index (χ1v) is 12.3. The van der Waals surface area contributed by atoms with Gasteiger partial charge >= 0.3 is 0 Å². The molecule has 0 saturated carbocycles. The van der Waals surface area contributed by atoms with Gasteiger partial charge in [0.25, 0.3) is 0 Å². The van der Waals surface area contributed by atoms with Gasteiger partial charge in [0.1, 0.15) is 0 Å². The third-order valence-electron chi connectivity index (χ3n) is 5.95. The maximum Gasteiger partial charge on any atom is 0.234 e. The Bertz CT molecular complexity index is 522. The van der Waals surface area contributed by atoms with Crippen LogP contribution < -0.4 is 16.0 Å². The van der Waals surface area contributed by atoms with Gasteiger partial charge in [-0.15, -0.1) is 24.0 Å². The molecule has 1 unspecified atom stereocenters. The van der Waals surface area contributed by atoms with Gasteiger partial charge in [-0.2, -0.15) is 0 Å². The first-order valence-electron chi connectivity index (χ1n) is 12.3. The molecule has 0 aliphatic carbocycles. The van der Waals surface area contributed by atoms with Gasteiger partial charge in [-0.1, -0.05) is 20.8 Å². The predicted octanol–water partition coefficient (Wildman–Crippen LogP) is 2.52. The number of carbonyl (C=O) groups is 1. The molecule has 2 heterocycles. The van der Waals surface area contributed by atoms with Crippen LogP contribution in [0.2, 0.25) is 0 Å². The lowest BCUT2D eigenvalue weighted by Gasteiger charge is -2.34. The molecular weight excluding hydrogens is 503 g/mol. The van der Waals surface area contributed by atoms with Crippen molar-refractivity contribution in [1.29, 1.82) is 0 Å². The normalized spacial score (nSPS) is 21.6. The lowest BCUT2D eigenvalue weighted by molar-refractivity contribution is -0.122. The molecule has 0 aromatic heterocycles. The number of hydrogen-bond donors (Lipinski definition) is 3. The zero-order chi connectivity index (χ0) is 21.8. The Kier molecular flexibility index (Phi) is 14.7. The van der Waals surface area contributed by atoms with Crippen LogP contribution >= 0.6 is 24.0 Å². The molecule has 0 radical (unpaired) electrons. The van der Waals surface area contributed by atoms with Crippen LogP contribution in [0.3, 0.4) is 0 Å². The van der Waals surface area contributed by atoms with Gasteiger partial charge in [0.15, 0.2) is 5.96 Å². The zero-order valence-corrected chi connectivity index (χ0v) is 22.6. The summed E-state index contributed by atoms with van der Waals surface area (Å²) in [5.74, 6) is 2.50. The topological polar surface area (TPSA) is 72.0 Å². The van der Waals surface area contributed by atoms with E-state index in [1.54, 1.807) is 0 Å². The molecule has 3 N–H and O–H groups in total. The number of piperidine rings is 2. The zero-order valence-electron chi connectivity index (χ0n) is 20.3. The second-order valence-electron chi connectivity index (χ2n) is 9.43. The fourth-order valence-electron chi connectivity index (χ4n) is 4.48. The average molecular weight is 551 g/mol. The minimum atomic E-state index is 0. The Morgan fingerprint density at radius 1 is 1.06 bits per heavy atom. The highest BCUT2D eigenvalue weighted by Gasteiger charge is 2.23. The number of hydrogen-bond acceptors (Lipinski definition) is 4. The lowest BCUT2D eigenvalue weighted by Crippen LogP contribution is -2.50. The van der Waals surface area contributed by atoms with E-state index in [0.29, 0.717) is 18.5 Å². The van der Waals surface area contributed by atoms with Gasteiger partial charge in [-0.3, -0.25) is 14.7 Å². The van der Waals surface area contributed by atoms with Gasteiger partial charge < -0.3 is 20.9 Å². The van der Waals surface area contributed by atoms with Gasteiger partial charge in [-0.05, 0) is 57.4 Å². The summed E-state index contributed by atoms with van der Waals surface area (Å²) in [5.41, 5.74) is 0. The van der Waals surface area contributed by atoms with Crippen molar-refractivity contribution in [1.82, 2.24) is 25.8 Å². The molecule has 182 valence electrons. The number of likely N-dealkylation sites (tertiary alicyclic amines) is 2. The summed E-state index contributed by atoms with van der Waals surface area (Å²) < 4.78 is 0. The molecular formula is C23H47IN6O. The standard InChI is InChI=1S/C23H46N6O.HI/c1-5-11-25-22(30)18-28-13-9-21(10-14-28)27-23(24-6-2)26-15-20-8-7-12-29(17-20)16-19(3)4;/h19-21H,5-18H2,1-4H3,(H,25,30)(H2,24,26,27);1H. The van der Waals surface area contributed by atoms with Crippen LogP contribution in [0.5, 0.6) is 0 Å². The number of rotatable bonds is 10. The van der Waals surface area contributed by atoms with Crippen molar-refractivity contribution in [3.05, 3.63) is 0 Å². The third-order valence-corrected chi connectivity index (χ3v) is 5.95. The Labute approximate surface area is 207 Å². The Hall–Kier alpha value is -0.610. The molecule has 8 heteroatoms. The molecule has 1 atom stereocenters. The van der Waals surface area contributed by atoms with Crippen LogP contribution in [0.25, 0.3) is 0 Å². The van der Waals surface area contributed by atoms with Gasteiger partial charge in [-0.25, -0.2) is 0 Å². The van der Waals surface area contributed by atoms with Crippen molar-refractivity contribution in [2.24, 2.45) is 16.8 Å². The number of nitrogens with one attached hydrogen (secondary N) is 3. The van der Waals surface area contributed by atoms with Crippen molar-refractivity contribution in [2.75, 3.05) is 58.9 Å². The van der Waals surface area contributed by atoms with Gasteiger partial charge in [0.05, 0.1) is 6.54 Å². The number of guanidine groups is 1. The van der Waals surface area contributed by atoms with Crippen LogP contribution in [0.4, 0.5) is 0 Å². The summed E-state index contributed by atoms with van der Waals surface area (Å²) >= 11 is 0. The van der Waals surface area contributed by atoms with E-state index in [-0.39, 0.29) is 29.9 Å². The predicted molar refractivity (Wildman–Crippen MR) is 141 cm³/mol. The Morgan fingerprint density at radius 3 is 2.45 bits per heavy atom. The van der Waals surface area contributed by atoms with Crippen LogP contribution in [0.15, 0.2) is 4.99 Å². The van der Waals surface area contributed by atoms with Crippen molar-refractivity contribution >= 4 is 35.8 Å². The van der Waals surface area contributed by atoms with E-state index >= 15 is 0 Å². The second-order valence-corrected chi connectivity index (χ2v) is 9.43. The van der Waals surface area contributed by atoms with Crippen LogP contribution in [-0.4, -0.2) is 86.6 Å². The van der Waals surface area contributed by atoms with Crippen molar-refractivity contribution in [2.45, 2.75) is 65.8 Å². The van der Waals surface area contributed by atoms with Crippen LogP contribution in [0.1, 0.15) is 59.8 Å². The number of carbonyl (C=O) groups excluding carboxylic acids is 1. The highest BCUT2D eigenvalue weighted by Crippen LogP contribution is 2.18. The number of amides is 1. The third kappa shape index (κ3) is 11.7. The average Bonchev–Trinajstić information content (AvgIpc) is 2.72. The molecule has 0 aromatic carbocycles. The van der Waals surface area contributed by atoms with Crippen LogP contribution in [0, 0.1) is 11.8 Å². The highest BCUT2D eigenvalue weighted by molar-refractivity contribution is 14.0. The van der Waals surface area contributed by atoms with Crippen molar-refractivity contribution in [3.63, 3.8) is 0 Å². The molecule has 0 aromatic rings. The van der Waals surface area contributed by atoms with Crippen LogP contribution in [-0.2, 0) is 4.79 Å². The summed E-state index contributed by atoms with van der Waals surface area (Å²) in [5, 5.41) is 10.0. The maximum absolute atomic E-state index is 11.9. The van der Waals surface area contributed by atoms with E-state index in [4.69, 9.17) is 4.99 Å². The fourth-order valence-corrected chi connectivity index (χ4v) is 4.48. The number of aliphatic imine (C=N–C) groups is 1. The number of halogens is 1. The summed E-state index contributed by atoms with van der Waals surface area (Å²) in [4.78, 5) is 21.7. The minimum absolute atomic E-state index is 0. The molecule has 2 saturated heterocycles.